The Morgan fingerprint density at radius 2 is 1.57 bits per heavy atom. The van der Waals surface area contributed by atoms with Gasteiger partial charge in [0, 0.05) is 6.04 Å². The Morgan fingerprint density at radius 3 is 2.19 bits per heavy atom. The van der Waals surface area contributed by atoms with Gasteiger partial charge >= 0.3 is 0 Å². The van der Waals surface area contributed by atoms with Crippen molar-refractivity contribution in [2.45, 2.75) is 38.8 Å². The van der Waals surface area contributed by atoms with Crippen LogP contribution in [0.25, 0.3) is 11.1 Å². The first-order chi connectivity index (χ1) is 10.2. The van der Waals surface area contributed by atoms with Gasteiger partial charge in [-0.25, -0.2) is 0 Å². The van der Waals surface area contributed by atoms with E-state index in [1.807, 2.05) is 37.3 Å². The Balaban J connectivity index is 2.01. The summed E-state index contributed by atoms with van der Waals surface area (Å²) in [6.07, 6.45) is 1.85. The largest absolute Gasteiger partial charge is 0.387 e. The van der Waals surface area contributed by atoms with Crippen molar-refractivity contribution in [2.24, 2.45) is 0 Å². The van der Waals surface area contributed by atoms with E-state index in [0.717, 1.165) is 18.5 Å². The minimum atomic E-state index is -0.466. The second kappa shape index (κ2) is 7.96. The van der Waals surface area contributed by atoms with Crippen LogP contribution in [-0.4, -0.2) is 17.7 Å². The van der Waals surface area contributed by atoms with Gasteiger partial charge in [-0.05, 0) is 36.6 Å². The quantitative estimate of drug-likeness (QED) is 0.748. The summed E-state index contributed by atoms with van der Waals surface area (Å²) < 4.78 is 0. The van der Waals surface area contributed by atoms with Crippen LogP contribution in [-0.2, 0) is 0 Å². The van der Waals surface area contributed by atoms with E-state index in [2.05, 4.69) is 36.5 Å². The average Bonchev–Trinajstić information content (AvgIpc) is 2.55. The predicted octanol–water partition coefficient (Wildman–Crippen LogP) is 4.17. The van der Waals surface area contributed by atoms with Gasteiger partial charge in [0.1, 0.15) is 0 Å². The molecule has 0 spiro atoms. The van der Waals surface area contributed by atoms with Crippen molar-refractivity contribution in [1.29, 1.82) is 0 Å². The molecule has 0 aliphatic rings. The van der Waals surface area contributed by atoms with Crippen LogP contribution in [0.2, 0.25) is 0 Å². The maximum absolute atomic E-state index is 10.4. The molecule has 0 aliphatic heterocycles. The number of aliphatic hydroxyl groups excluding tert-OH is 1. The highest BCUT2D eigenvalue weighted by Crippen LogP contribution is 2.23. The molecule has 0 saturated carbocycles. The normalized spacial score (nSPS) is 13.9. The molecule has 2 N–H and O–H groups in total. The minimum absolute atomic E-state index is 0.0686. The molecule has 0 aromatic heterocycles. The second-order valence-electron chi connectivity index (χ2n) is 5.53. The molecule has 0 fully saturated rings. The fourth-order valence-electron chi connectivity index (χ4n) is 2.41. The Bertz CT molecular complexity index is 521. The maximum Gasteiger partial charge on any atom is 0.0940 e. The third-order valence-electron chi connectivity index (χ3n) is 3.83. The summed E-state index contributed by atoms with van der Waals surface area (Å²) in [4.78, 5) is 0. The first kappa shape index (κ1) is 15.7. The van der Waals surface area contributed by atoms with E-state index in [-0.39, 0.29) is 6.04 Å². The molecule has 2 heteroatoms. The van der Waals surface area contributed by atoms with Crippen LogP contribution >= 0.6 is 0 Å². The molecule has 2 aromatic carbocycles. The summed E-state index contributed by atoms with van der Waals surface area (Å²) in [5, 5.41) is 13.8. The molecular formula is C19H25NO. The summed E-state index contributed by atoms with van der Waals surface area (Å²) >= 11 is 0. The Hall–Kier alpha value is -1.64. The molecule has 0 bridgehead atoms. The monoisotopic (exact) mass is 283 g/mol. The summed E-state index contributed by atoms with van der Waals surface area (Å²) in [6.45, 7) is 5.16. The van der Waals surface area contributed by atoms with Gasteiger partial charge in [-0.3, -0.25) is 0 Å². The van der Waals surface area contributed by atoms with Gasteiger partial charge in [0.05, 0.1) is 6.10 Å². The molecule has 0 heterocycles. The lowest BCUT2D eigenvalue weighted by Crippen LogP contribution is -2.32. The van der Waals surface area contributed by atoms with E-state index < -0.39 is 6.10 Å². The molecule has 2 nitrogen and oxygen atoms in total. The molecule has 0 amide bonds. The van der Waals surface area contributed by atoms with Crippen LogP contribution in [0.4, 0.5) is 0 Å². The summed E-state index contributed by atoms with van der Waals surface area (Å²) in [5.74, 6) is 0. The van der Waals surface area contributed by atoms with Crippen molar-refractivity contribution in [2.75, 3.05) is 6.54 Å². The highest BCUT2D eigenvalue weighted by molar-refractivity contribution is 5.63. The molecule has 21 heavy (non-hydrogen) atoms. The van der Waals surface area contributed by atoms with Crippen molar-refractivity contribution < 1.29 is 5.11 Å². The lowest BCUT2D eigenvalue weighted by atomic mass is 9.99. The van der Waals surface area contributed by atoms with Crippen molar-refractivity contribution in [3.05, 3.63) is 60.2 Å². The van der Waals surface area contributed by atoms with Crippen LogP contribution in [0, 0.1) is 0 Å². The van der Waals surface area contributed by atoms with Gasteiger partial charge in [0.25, 0.3) is 0 Å². The third kappa shape index (κ3) is 4.42. The standard InChI is InChI=1S/C19H25NO/c1-3-4-14-20-15(2)19(21)18-12-10-17(11-13-18)16-8-6-5-7-9-16/h5-13,15,19-21H,3-4,14H2,1-2H3. The van der Waals surface area contributed by atoms with Crippen LogP contribution < -0.4 is 5.32 Å². The smallest absolute Gasteiger partial charge is 0.0940 e. The van der Waals surface area contributed by atoms with E-state index in [9.17, 15) is 5.11 Å². The predicted molar refractivity (Wildman–Crippen MR) is 89.2 cm³/mol. The Labute approximate surface area is 127 Å². The fourth-order valence-corrected chi connectivity index (χ4v) is 2.41. The average molecular weight is 283 g/mol. The molecule has 2 aromatic rings. The zero-order chi connectivity index (χ0) is 15.1. The molecule has 0 radical (unpaired) electrons. The lowest BCUT2D eigenvalue weighted by molar-refractivity contribution is 0.136. The molecule has 0 aliphatic carbocycles. The van der Waals surface area contributed by atoms with Crippen LogP contribution in [0.5, 0.6) is 0 Å². The van der Waals surface area contributed by atoms with E-state index in [0.29, 0.717) is 0 Å². The summed E-state index contributed by atoms with van der Waals surface area (Å²) in [7, 11) is 0. The third-order valence-corrected chi connectivity index (χ3v) is 3.83. The zero-order valence-corrected chi connectivity index (χ0v) is 12.9. The molecule has 112 valence electrons. The van der Waals surface area contributed by atoms with Gasteiger partial charge < -0.3 is 10.4 Å². The summed E-state index contributed by atoms with van der Waals surface area (Å²) in [6, 6.07) is 18.6. The number of aliphatic hydroxyl groups is 1. The van der Waals surface area contributed by atoms with Crippen molar-refractivity contribution in [1.82, 2.24) is 5.32 Å². The number of hydrogen-bond donors (Lipinski definition) is 2. The SMILES string of the molecule is CCCCNC(C)C(O)c1ccc(-c2ccccc2)cc1. The number of nitrogens with one attached hydrogen (secondary N) is 1. The molecular weight excluding hydrogens is 258 g/mol. The van der Waals surface area contributed by atoms with Crippen molar-refractivity contribution in [3.8, 4) is 11.1 Å². The molecule has 2 unspecified atom stereocenters. The number of benzene rings is 2. The van der Waals surface area contributed by atoms with Gasteiger partial charge in [-0.2, -0.15) is 0 Å². The maximum atomic E-state index is 10.4. The first-order valence-electron chi connectivity index (χ1n) is 7.79. The molecule has 0 saturated heterocycles. The number of unbranched alkanes of at least 4 members (excludes halogenated alkanes) is 1. The Kier molecular flexibility index (Phi) is 5.97. The Morgan fingerprint density at radius 1 is 0.952 bits per heavy atom. The fraction of sp³-hybridized carbons (Fsp3) is 0.368. The van der Waals surface area contributed by atoms with E-state index in [1.165, 1.54) is 17.5 Å². The minimum Gasteiger partial charge on any atom is -0.387 e. The molecule has 2 atom stereocenters. The van der Waals surface area contributed by atoms with E-state index in [4.69, 9.17) is 0 Å². The number of rotatable bonds is 7. The van der Waals surface area contributed by atoms with Crippen molar-refractivity contribution in [3.63, 3.8) is 0 Å². The van der Waals surface area contributed by atoms with Gasteiger partial charge in [0.15, 0.2) is 0 Å². The van der Waals surface area contributed by atoms with Crippen LogP contribution in [0.15, 0.2) is 54.6 Å². The summed E-state index contributed by atoms with van der Waals surface area (Å²) in [5.41, 5.74) is 3.34. The highest BCUT2D eigenvalue weighted by atomic mass is 16.3. The highest BCUT2D eigenvalue weighted by Gasteiger charge is 2.15. The van der Waals surface area contributed by atoms with Gasteiger partial charge in [-0.1, -0.05) is 67.9 Å². The first-order valence-corrected chi connectivity index (χ1v) is 7.79. The van der Waals surface area contributed by atoms with E-state index >= 15 is 0 Å². The zero-order valence-electron chi connectivity index (χ0n) is 12.9. The number of hydrogen-bond acceptors (Lipinski definition) is 2. The van der Waals surface area contributed by atoms with E-state index in [1.54, 1.807) is 0 Å². The second-order valence-corrected chi connectivity index (χ2v) is 5.53. The topological polar surface area (TPSA) is 32.3 Å². The van der Waals surface area contributed by atoms with Crippen LogP contribution in [0.1, 0.15) is 38.4 Å². The molecule has 2 rings (SSSR count). The van der Waals surface area contributed by atoms with Gasteiger partial charge in [-0.15, -0.1) is 0 Å². The van der Waals surface area contributed by atoms with Gasteiger partial charge in [0.2, 0.25) is 0 Å². The lowest BCUT2D eigenvalue weighted by Gasteiger charge is -2.21. The van der Waals surface area contributed by atoms with Crippen molar-refractivity contribution >= 4 is 0 Å². The van der Waals surface area contributed by atoms with Crippen LogP contribution in [0.3, 0.4) is 0 Å².